The van der Waals surface area contributed by atoms with Crippen molar-refractivity contribution < 1.29 is 13.9 Å². The van der Waals surface area contributed by atoms with Crippen molar-refractivity contribution in [3.8, 4) is 0 Å². The number of hydrogen-bond acceptors (Lipinski definition) is 2. The highest BCUT2D eigenvalue weighted by Gasteiger charge is 2.47. The highest BCUT2D eigenvalue weighted by atomic mass is 19.2. The first kappa shape index (κ1) is 12.1. The summed E-state index contributed by atoms with van der Waals surface area (Å²) in [5.74, 6) is -1.74. The number of halogens is 2. The molecule has 4 heteroatoms. The molecule has 2 unspecified atom stereocenters. The van der Waals surface area contributed by atoms with Crippen molar-refractivity contribution in [2.75, 3.05) is 13.1 Å². The molecule has 1 aromatic rings. The van der Waals surface area contributed by atoms with Gasteiger partial charge in [0.05, 0.1) is 0 Å². The number of nitrogens with zero attached hydrogens (tertiary/aromatic N) is 1. The van der Waals surface area contributed by atoms with E-state index in [1.54, 1.807) is 0 Å². The Morgan fingerprint density at radius 3 is 2.78 bits per heavy atom. The molecule has 0 aliphatic carbocycles. The van der Waals surface area contributed by atoms with Crippen LogP contribution < -0.4 is 0 Å². The molecule has 0 saturated carbocycles. The molecule has 2 saturated heterocycles. The average molecular weight is 253 g/mol. The number of fused-ring (bicyclic) bond motifs is 1. The first-order valence-electron chi connectivity index (χ1n) is 6.53. The maximum Gasteiger partial charge on any atom is 0.159 e. The zero-order chi connectivity index (χ0) is 12.8. The normalized spacial score (nSPS) is 32.5. The largest absolute Gasteiger partial charge is 0.383 e. The fourth-order valence-corrected chi connectivity index (χ4v) is 3.38. The molecule has 18 heavy (non-hydrogen) atoms. The van der Waals surface area contributed by atoms with Crippen LogP contribution in [0.5, 0.6) is 0 Å². The molecule has 3 rings (SSSR count). The SMILES string of the molecule is OC1(c2ccc(F)c(F)c2)CCN2CCCCC21. The maximum absolute atomic E-state index is 13.3. The van der Waals surface area contributed by atoms with Crippen molar-refractivity contribution in [1.82, 2.24) is 4.90 Å². The van der Waals surface area contributed by atoms with E-state index in [1.807, 2.05) is 0 Å². The molecule has 0 radical (unpaired) electrons. The summed E-state index contributed by atoms with van der Waals surface area (Å²) in [7, 11) is 0. The van der Waals surface area contributed by atoms with E-state index in [0.717, 1.165) is 44.5 Å². The van der Waals surface area contributed by atoms with Crippen LogP contribution in [-0.2, 0) is 5.60 Å². The van der Waals surface area contributed by atoms with E-state index in [-0.39, 0.29) is 6.04 Å². The molecule has 2 heterocycles. The van der Waals surface area contributed by atoms with Gasteiger partial charge in [-0.05, 0) is 43.5 Å². The van der Waals surface area contributed by atoms with Gasteiger partial charge in [-0.15, -0.1) is 0 Å². The van der Waals surface area contributed by atoms with E-state index >= 15 is 0 Å². The molecule has 2 aliphatic heterocycles. The number of rotatable bonds is 1. The lowest BCUT2D eigenvalue weighted by Crippen LogP contribution is -2.45. The van der Waals surface area contributed by atoms with Gasteiger partial charge in [0.25, 0.3) is 0 Å². The number of piperidine rings is 1. The van der Waals surface area contributed by atoms with Crippen LogP contribution in [0.3, 0.4) is 0 Å². The van der Waals surface area contributed by atoms with Crippen LogP contribution in [0.2, 0.25) is 0 Å². The molecular formula is C14H17F2NO. The van der Waals surface area contributed by atoms with Gasteiger partial charge in [-0.3, -0.25) is 4.90 Å². The maximum atomic E-state index is 13.3. The predicted molar refractivity (Wildman–Crippen MR) is 64.1 cm³/mol. The zero-order valence-electron chi connectivity index (χ0n) is 10.2. The molecule has 0 bridgehead atoms. The van der Waals surface area contributed by atoms with E-state index < -0.39 is 17.2 Å². The second-order valence-corrected chi connectivity index (χ2v) is 5.35. The second-order valence-electron chi connectivity index (χ2n) is 5.35. The Labute approximate surface area is 105 Å². The highest BCUT2D eigenvalue weighted by molar-refractivity contribution is 5.28. The monoisotopic (exact) mass is 253 g/mol. The van der Waals surface area contributed by atoms with E-state index in [4.69, 9.17) is 0 Å². The summed E-state index contributed by atoms with van der Waals surface area (Å²) < 4.78 is 26.3. The fraction of sp³-hybridized carbons (Fsp3) is 0.571. The Kier molecular flexibility index (Phi) is 2.87. The summed E-state index contributed by atoms with van der Waals surface area (Å²) in [6, 6.07) is 3.81. The van der Waals surface area contributed by atoms with Crippen molar-refractivity contribution in [2.45, 2.75) is 37.3 Å². The van der Waals surface area contributed by atoms with Crippen molar-refractivity contribution >= 4 is 0 Å². The van der Waals surface area contributed by atoms with Gasteiger partial charge in [0.15, 0.2) is 11.6 Å². The topological polar surface area (TPSA) is 23.5 Å². The van der Waals surface area contributed by atoms with Crippen LogP contribution in [-0.4, -0.2) is 29.1 Å². The van der Waals surface area contributed by atoms with Crippen LogP contribution in [0.1, 0.15) is 31.2 Å². The summed E-state index contributed by atoms with van der Waals surface area (Å²) >= 11 is 0. The van der Waals surface area contributed by atoms with Gasteiger partial charge in [0, 0.05) is 12.6 Å². The molecule has 2 fully saturated rings. The first-order chi connectivity index (χ1) is 8.61. The quantitative estimate of drug-likeness (QED) is 0.830. The first-order valence-corrected chi connectivity index (χ1v) is 6.53. The fourth-order valence-electron chi connectivity index (χ4n) is 3.38. The number of hydrogen-bond donors (Lipinski definition) is 1. The van der Waals surface area contributed by atoms with Crippen LogP contribution >= 0.6 is 0 Å². The van der Waals surface area contributed by atoms with Gasteiger partial charge in [0.1, 0.15) is 5.60 Å². The van der Waals surface area contributed by atoms with Crippen molar-refractivity contribution in [3.05, 3.63) is 35.4 Å². The molecule has 98 valence electrons. The highest BCUT2D eigenvalue weighted by Crippen LogP contribution is 2.42. The van der Waals surface area contributed by atoms with Gasteiger partial charge < -0.3 is 5.11 Å². The molecule has 2 atom stereocenters. The van der Waals surface area contributed by atoms with Gasteiger partial charge in [-0.25, -0.2) is 8.78 Å². The van der Waals surface area contributed by atoms with Crippen LogP contribution in [0, 0.1) is 11.6 Å². The summed E-state index contributed by atoms with van der Waals surface area (Å²) in [6.07, 6.45) is 3.77. The minimum Gasteiger partial charge on any atom is -0.383 e. The van der Waals surface area contributed by atoms with E-state index in [9.17, 15) is 13.9 Å². The standard InChI is InChI=1S/C14H17F2NO/c15-11-5-4-10(9-12(11)16)14(18)6-8-17-7-2-1-3-13(14)17/h4-5,9,13,18H,1-3,6-8H2. The number of benzene rings is 1. The van der Waals surface area contributed by atoms with Crippen molar-refractivity contribution in [2.24, 2.45) is 0 Å². The lowest BCUT2D eigenvalue weighted by Gasteiger charge is -2.37. The van der Waals surface area contributed by atoms with Gasteiger partial charge in [0.2, 0.25) is 0 Å². The lowest BCUT2D eigenvalue weighted by molar-refractivity contribution is -0.0140. The van der Waals surface area contributed by atoms with E-state index in [2.05, 4.69) is 4.90 Å². The third-order valence-electron chi connectivity index (χ3n) is 4.36. The van der Waals surface area contributed by atoms with Gasteiger partial charge in [-0.2, -0.15) is 0 Å². The Morgan fingerprint density at radius 1 is 1.17 bits per heavy atom. The molecule has 0 spiro atoms. The van der Waals surface area contributed by atoms with E-state index in [1.165, 1.54) is 6.07 Å². The number of aliphatic hydroxyl groups is 1. The Balaban J connectivity index is 1.96. The predicted octanol–water partition coefficient (Wildman–Crippen LogP) is 2.41. The summed E-state index contributed by atoms with van der Waals surface area (Å²) in [5.41, 5.74) is -0.509. The summed E-state index contributed by atoms with van der Waals surface area (Å²) in [6.45, 7) is 1.83. The smallest absolute Gasteiger partial charge is 0.159 e. The molecule has 2 aliphatic rings. The Bertz CT molecular complexity index is 465. The van der Waals surface area contributed by atoms with Crippen molar-refractivity contribution in [1.29, 1.82) is 0 Å². The van der Waals surface area contributed by atoms with Crippen LogP contribution in [0.25, 0.3) is 0 Å². The lowest BCUT2D eigenvalue weighted by atomic mass is 9.83. The molecular weight excluding hydrogens is 236 g/mol. The summed E-state index contributed by atoms with van der Waals surface area (Å²) in [5, 5.41) is 10.8. The molecule has 0 aromatic heterocycles. The van der Waals surface area contributed by atoms with Crippen LogP contribution in [0.4, 0.5) is 8.78 Å². The Hall–Kier alpha value is -1.00. The zero-order valence-corrected chi connectivity index (χ0v) is 10.2. The molecule has 2 nitrogen and oxygen atoms in total. The average Bonchev–Trinajstić information content (AvgIpc) is 2.73. The van der Waals surface area contributed by atoms with Gasteiger partial charge in [-0.1, -0.05) is 12.5 Å². The minimum absolute atomic E-state index is 0.0520. The Morgan fingerprint density at radius 2 is 2.00 bits per heavy atom. The molecule has 1 aromatic carbocycles. The second kappa shape index (κ2) is 4.28. The molecule has 1 N–H and O–H groups in total. The van der Waals surface area contributed by atoms with Gasteiger partial charge >= 0.3 is 0 Å². The summed E-state index contributed by atoms with van der Waals surface area (Å²) in [4.78, 5) is 2.27. The van der Waals surface area contributed by atoms with Crippen molar-refractivity contribution in [3.63, 3.8) is 0 Å². The minimum atomic E-state index is -1.02. The van der Waals surface area contributed by atoms with E-state index in [0.29, 0.717) is 12.0 Å². The third-order valence-corrected chi connectivity index (χ3v) is 4.36. The third kappa shape index (κ3) is 1.75. The van der Waals surface area contributed by atoms with Crippen LogP contribution in [0.15, 0.2) is 18.2 Å². The molecule has 0 amide bonds.